The van der Waals surface area contributed by atoms with E-state index in [9.17, 15) is 14.9 Å². The fraction of sp³-hybridized carbons (Fsp3) is 0.333. The maximum absolute atomic E-state index is 12.1. The highest BCUT2D eigenvalue weighted by Gasteiger charge is 2.29. The first-order valence-corrected chi connectivity index (χ1v) is 7.90. The zero-order chi connectivity index (χ0) is 19.5. The monoisotopic (exact) mass is 359 g/mol. The molecule has 0 aliphatic heterocycles. The van der Waals surface area contributed by atoms with Crippen LogP contribution in [0.2, 0.25) is 0 Å². The molecule has 0 N–H and O–H groups in total. The maximum atomic E-state index is 12.1. The minimum Gasteiger partial charge on any atom is -0.452 e. The Balaban J connectivity index is 2.28. The zero-order valence-corrected chi connectivity index (χ0v) is 15.3. The van der Waals surface area contributed by atoms with Gasteiger partial charge in [0.05, 0.1) is 12.0 Å². The Kier molecular flexibility index (Phi) is 5.44. The Labute approximate surface area is 151 Å². The van der Waals surface area contributed by atoms with Crippen LogP contribution in [0.5, 0.6) is 11.6 Å². The van der Waals surface area contributed by atoms with Gasteiger partial charge in [0.2, 0.25) is 5.88 Å². The van der Waals surface area contributed by atoms with Crippen molar-refractivity contribution in [3.8, 4) is 11.6 Å². The molecule has 0 unspecified atom stereocenters. The van der Waals surface area contributed by atoms with E-state index in [1.807, 2.05) is 33.8 Å². The van der Waals surface area contributed by atoms with E-state index in [0.717, 1.165) is 11.8 Å². The van der Waals surface area contributed by atoms with Crippen molar-refractivity contribution in [3.63, 3.8) is 0 Å². The van der Waals surface area contributed by atoms with Crippen LogP contribution in [0.1, 0.15) is 26.3 Å². The molecule has 8 nitrogen and oxygen atoms in total. The smallest absolute Gasteiger partial charge is 0.414 e. The lowest BCUT2D eigenvalue weighted by molar-refractivity contribution is -0.385. The second-order valence-corrected chi connectivity index (χ2v) is 6.64. The van der Waals surface area contributed by atoms with E-state index in [2.05, 4.69) is 4.98 Å². The first-order chi connectivity index (χ1) is 12.1. The van der Waals surface area contributed by atoms with Crippen molar-refractivity contribution < 1.29 is 19.2 Å². The number of pyridine rings is 1. The lowest BCUT2D eigenvalue weighted by Crippen LogP contribution is -2.45. The minimum atomic E-state index is -0.523. The van der Waals surface area contributed by atoms with E-state index in [0.29, 0.717) is 11.4 Å². The average Bonchev–Trinajstić information content (AvgIpc) is 2.56. The summed E-state index contributed by atoms with van der Waals surface area (Å²) in [5.74, 6) is 0.779. The molecular weight excluding hydrogens is 338 g/mol. The fourth-order valence-electron chi connectivity index (χ4n) is 2.40. The predicted octanol–water partition coefficient (Wildman–Crippen LogP) is 4.46. The Morgan fingerprint density at radius 3 is 2.38 bits per heavy atom. The number of benzene rings is 1. The molecule has 0 saturated heterocycles. The molecule has 0 radical (unpaired) electrons. The summed E-state index contributed by atoms with van der Waals surface area (Å²) in [4.78, 5) is 27.8. The number of anilines is 1. The molecule has 0 saturated carbocycles. The fourth-order valence-corrected chi connectivity index (χ4v) is 2.40. The van der Waals surface area contributed by atoms with Gasteiger partial charge < -0.3 is 9.47 Å². The van der Waals surface area contributed by atoms with Crippen LogP contribution in [-0.2, 0) is 4.74 Å². The summed E-state index contributed by atoms with van der Waals surface area (Å²) < 4.78 is 10.6. The minimum absolute atomic E-state index is 0.108. The molecule has 2 rings (SSSR count). The topological polar surface area (TPSA) is 94.8 Å². The van der Waals surface area contributed by atoms with Gasteiger partial charge >= 0.3 is 6.09 Å². The summed E-state index contributed by atoms with van der Waals surface area (Å²) in [6.45, 7) is 7.56. The number of carbonyl (C=O) groups excluding carboxylic acids is 1. The number of nitrogens with zero attached hydrogens (tertiary/aromatic N) is 3. The number of aromatic nitrogens is 1. The van der Waals surface area contributed by atoms with Gasteiger partial charge in [-0.3, -0.25) is 15.0 Å². The first-order valence-electron chi connectivity index (χ1n) is 7.90. The second-order valence-electron chi connectivity index (χ2n) is 6.64. The van der Waals surface area contributed by atoms with Crippen molar-refractivity contribution in [2.75, 3.05) is 12.0 Å². The van der Waals surface area contributed by atoms with Gasteiger partial charge in [-0.2, -0.15) is 0 Å². The number of aryl methyl sites for hydroxylation is 1. The first kappa shape index (κ1) is 19.2. The second kappa shape index (κ2) is 7.38. The van der Waals surface area contributed by atoms with Crippen molar-refractivity contribution in [3.05, 3.63) is 52.2 Å². The van der Waals surface area contributed by atoms with Crippen molar-refractivity contribution in [1.82, 2.24) is 4.98 Å². The van der Waals surface area contributed by atoms with Gasteiger partial charge in [0.25, 0.3) is 5.69 Å². The number of hydrogen-bond acceptors (Lipinski definition) is 6. The number of methoxy groups -OCH3 is 1. The molecule has 138 valence electrons. The van der Waals surface area contributed by atoms with E-state index < -0.39 is 16.6 Å². The highest BCUT2D eigenvalue weighted by atomic mass is 16.6. The molecule has 1 amide bonds. The molecule has 0 aliphatic carbocycles. The van der Waals surface area contributed by atoms with Crippen LogP contribution in [0.4, 0.5) is 16.2 Å². The van der Waals surface area contributed by atoms with Crippen LogP contribution in [-0.4, -0.2) is 28.6 Å². The van der Waals surface area contributed by atoms with Crippen molar-refractivity contribution in [2.24, 2.45) is 0 Å². The summed E-state index contributed by atoms with van der Waals surface area (Å²) in [6.07, 6.45) is 0.681. The molecule has 0 aliphatic rings. The van der Waals surface area contributed by atoms with E-state index in [-0.39, 0.29) is 11.6 Å². The molecular formula is C18H21N3O5. The van der Waals surface area contributed by atoms with E-state index in [1.54, 1.807) is 17.0 Å². The molecule has 26 heavy (non-hydrogen) atoms. The molecule has 2 aromatic rings. The van der Waals surface area contributed by atoms with Crippen LogP contribution >= 0.6 is 0 Å². The Hall–Kier alpha value is -3.16. The Bertz CT molecular complexity index is 813. The Morgan fingerprint density at radius 1 is 1.23 bits per heavy atom. The Morgan fingerprint density at radius 2 is 1.92 bits per heavy atom. The van der Waals surface area contributed by atoms with Gasteiger partial charge in [-0.15, -0.1) is 0 Å². The molecule has 1 aromatic heterocycles. The van der Waals surface area contributed by atoms with Crippen molar-refractivity contribution in [2.45, 2.75) is 33.2 Å². The van der Waals surface area contributed by atoms with Gasteiger partial charge in [0, 0.05) is 23.4 Å². The van der Waals surface area contributed by atoms with Crippen LogP contribution < -0.4 is 9.64 Å². The standard InChI is InChI=1S/C18H21N3O5/c1-12-10-13(20(17(22)25-5)18(2,3)4)6-8-15(12)26-16-9-7-14(11-19-16)21(23)24/h6-11H,1-5H3. The average molecular weight is 359 g/mol. The van der Waals surface area contributed by atoms with Gasteiger partial charge in [-0.05, 0) is 51.5 Å². The molecule has 0 atom stereocenters. The summed E-state index contributed by atoms with van der Waals surface area (Å²) in [5.41, 5.74) is 0.872. The molecule has 1 heterocycles. The molecule has 8 heteroatoms. The third kappa shape index (κ3) is 4.27. The molecule has 0 spiro atoms. The number of amides is 1. The quantitative estimate of drug-likeness (QED) is 0.591. The summed E-state index contributed by atoms with van der Waals surface area (Å²) in [5, 5.41) is 10.7. The third-order valence-electron chi connectivity index (χ3n) is 3.59. The van der Waals surface area contributed by atoms with Crippen LogP contribution in [0.25, 0.3) is 0 Å². The number of nitro groups is 1. The summed E-state index contributed by atoms with van der Waals surface area (Å²) in [7, 11) is 1.34. The third-order valence-corrected chi connectivity index (χ3v) is 3.59. The SMILES string of the molecule is COC(=O)N(c1ccc(Oc2ccc([N+](=O)[O-])cn2)c(C)c1)C(C)(C)C. The lowest BCUT2D eigenvalue weighted by atomic mass is 10.0. The summed E-state index contributed by atoms with van der Waals surface area (Å²) >= 11 is 0. The molecule has 0 fully saturated rings. The molecule has 1 aromatic carbocycles. The van der Waals surface area contributed by atoms with Crippen LogP contribution in [0.3, 0.4) is 0 Å². The van der Waals surface area contributed by atoms with Crippen LogP contribution in [0, 0.1) is 17.0 Å². The zero-order valence-electron chi connectivity index (χ0n) is 15.3. The van der Waals surface area contributed by atoms with Crippen LogP contribution in [0.15, 0.2) is 36.5 Å². The predicted molar refractivity (Wildman–Crippen MR) is 96.8 cm³/mol. The lowest BCUT2D eigenvalue weighted by Gasteiger charge is -2.34. The van der Waals surface area contributed by atoms with Gasteiger partial charge in [0.1, 0.15) is 11.9 Å². The maximum Gasteiger partial charge on any atom is 0.414 e. The highest BCUT2D eigenvalue weighted by molar-refractivity contribution is 5.89. The van der Waals surface area contributed by atoms with Crippen molar-refractivity contribution >= 4 is 17.5 Å². The van der Waals surface area contributed by atoms with Gasteiger partial charge in [0.15, 0.2) is 0 Å². The normalized spacial score (nSPS) is 11.0. The largest absolute Gasteiger partial charge is 0.452 e. The van der Waals surface area contributed by atoms with E-state index in [1.165, 1.54) is 19.2 Å². The number of carbonyl (C=O) groups is 1. The van der Waals surface area contributed by atoms with Gasteiger partial charge in [-0.25, -0.2) is 9.78 Å². The summed E-state index contributed by atoms with van der Waals surface area (Å²) in [6, 6.07) is 8.03. The number of rotatable bonds is 4. The molecule has 0 bridgehead atoms. The highest BCUT2D eigenvalue weighted by Crippen LogP contribution is 2.31. The van der Waals surface area contributed by atoms with E-state index >= 15 is 0 Å². The van der Waals surface area contributed by atoms with Crippen molar-refractivity contribution in [1.29, 1.82) is 0 Å². The number of hydrogen-bond donors (Lipinski definition) is 0. The van der Waals surface area contributed by atoms with Gasteiger partial charge in [-0.1, -0.05) is 0 Å². The van der Waals surface area contributed by atoms with E-state index in [4.69, 9.17) is 9.47 Å². The number of ether oxygens (including phenoxy) is 2.